The maximum atomic E-state index is 3.40. The van der Waals surface area contributed by atoms with Crippen LogP contribution in [0.5, 0.6) is 0 Å². The second kappa shape index (κ2) is 6.41. The van der Waals surface area contributed by atoms with E-state index in [9.17, 15) is 0 Å². The summed E-state index contributed by atoms with van der Waals surface area (Å²) in [6.45, 7) is 6.15. The standard InChI is InChI=1S/C8H9Br.C2H6/c1-2-7-4-3-5-8(9)6-7;1-2/h3-6H,2H2,1H3;1-2H3. The molecule has 0 aliphatic rings. The van der Waals surface area contributed by atoms with Crippen molar-refractivity contribution >= 4 is 15.9 Å². The Morgan fingerprint density at radius 3 is 2.27 bits per heavy atom. The molecule has 62 valence electrons. The van der Waals surface area contributed by atoms with Gasteiger partial charge in [-0.2, -0.15) is 0 Å². The third kappa shape index (κ3) is 4.20. The van der Waals surface area contributed by atoms with Crippen LogP contribution in [-0.2, 0) is 6.42 Å². The molecule has 1 heteroatoms. The molecule has 0 aliphatic heterocycles. The van der Waals surface area contributed by atoms with Crippen molar-refractivity contribution < 1.29 is 0 Å². The van der Waals surface area contributed by atoms with Crippen molar-refractivity contribution in [2.24, 2.45) is 0 Å². The number of hydrogen-bond acceptors (Lipinski definition) is 0. The van der Waals surface area contributed by atoms with Crippen LogP contribution in [0.4, 0.5) is 0 Å². The van der Waals surface area contributed by atoms with E-state index in [0.29, 0.717) is 0 Å². The molecule has 0 saturated heterocycles. The molecule has 0 aromatic heterocycles. The summed E-state index contributed by atoms with van der Waals surface area (Å²) in [5.41, 5.74) is 1.38. The lowest BCUT2D eigenvalue weighted by atomic mass is 10.2. The summed E-state index contributed by atoms with van der Waals surface area (Å²) in [7, 11) is 0. The van der Waals surface area contributed by atoms with Crippen molar-refractivity contribution in [1.82, 2.24) is 0 Å². The fourth-order valence-corrected chi connectivity index (χ4v) is 1.20. The maximum Gasteiger partial charge on any atom is 0.0177 e. The molecule has 0 aliphatic carbocycles. The molecule has 0 amide bonds. The fourth-order valence-electron chi connectivity index (χ4n) is 0.757. The lowest BCUT2D eigenvalue weighted by molar-refractivity contribution is 1.14. The van der Waals surface area contributed by atoms with Gasteiger partial charge in [0.25, 0.3) is 0 Å². The molecular formula is C10H15Br. The van der Waals surface area contributed by atoms with E-state index in [1.165, 1.54) is 10.0 Å². The largest absolute Gasteiger partial charge is 0.0683 e. The lowest BCUT2D eigenvalue weighted by Crippen LogP contribution is -1.76. The summed E-state index contributed by atoms with van der Waals surface area (Å²) in [5, 5.41) is 0. The zero-order valence-electron chi connectivity index (χ0n) is 7.39. The average molecular weight is 215 g/mol. The van der Waals surface area contributed by atoms with E-state index in [4.69, 9.17) is 0 Å². The highest BCUT2D eigenvalue weighted by Gasteiger charge is 1.87. The van der Waals surface area contributed by atoms with E-state index >= 15 is 0 Å². The van der Waals surface area contributed by atoms with E-state index in [-0.39, 0.29) is 0 Å². The molecule has 0 bridgehead atoms. The molecule has 11 heavy (non-hydrogen) atoms. The predicted molar refractivity (Wildman–Crippen MR) is 54.9 cm³/mol. The minimum absolute atomic E-state index is 1.11. The van der Waals surface area contributed by atoms with Gasteiger partial charge in [-0.25, -0.2) is 0 Å². The molecule has 0 fully saturated rings. The molecule has 0 spiro atoms. The van der Waals surface area contributed by atoms with Crippen LogP contribution in [0.2, 0.25) is 0 Å². The van der Waals surface area contributed by atoms with Crippen LogP contribution in [0, 0.1) is 0 Å². The van der Waals surface area contributed by atoms with Crippen molar-refractivity contribution in [3.8, 4) is 0 Å². The van der Waals surface area contributed by atoms with Gasteiger partial charge in [0.15, 0.2) is 0 Å². The normalized spacial score (nSPS) is 8.36. The minimum Gasteiger partial charge on any atom is -0.0683 e. The Morgan fingerprint density at radius 2 is 1.91 bits per heavy atom. The Morgan fingerprint density at radius 1 is 1.27 bits per heavy atom. The molecule has 0 radical (unpaired) electrons. The maximum absolute atomic E-state index is 3.40. The van der Waals surface area contributed by atoms with Crippen LogP contribution >= 0.6 is 15.9 Å². The van der Waals surface area contributed by atoms with Crippen LogP contribution < -0.4 is 0 Å². The van der Waals surface area contributed by atoms with Gasteiger partial charge in [0.05, 0.1) is 0 Å². The van der Waals surface area contributed by atoms with E-state index in [1.54, 1.807) is 0 Å². The third-order valence-corrected chi connectivity index (χ3v) is 1.79. The van der Waals surface area contributed by atoms with Gasteiger partial charge in [0.2, 0.25) is 0 Å². The highest BCUT2D eigenvalue weighted by molar-refractivity contribution is 9.10. The first-order chi connectivity index (χ1) is 5.33. The number of aryl methyl sites for hydroxylation is 1. The second-order valence-electron chi connectivity index (χ2n) is 1.98. The smallest absolute Gasteiger partial charge is 0.0177 e. The van der Waals surface area contributed by atoms with Crippen molar-refractivity contribution in [1.29, 1.82) is 0 Å². The first kappa shape index (κ1) is 10.7. The van der Waals surface area contributed by atoms with E-state index in [2.05, 4.69) is 41.1 Å². The van der Waals surface area contributed by atoms with E-state index in [0.717, 1.165) is 6.42 Å². The monoisotopic (exact) mass is 214 g/mol. The van der Waals surface area contributed by atoms with Gasteiger partial charge in [-0.05, 0) is 24.1 Å². The van der Waals surface area contributed by atoms with Gasteiger partial charge in [0, 0.05) is 4.47 Å². The van der Waals surface area contributed by atoms with Crippen LogP contribution in [0.15, 0.2) is 28.7 Å². The van der Waals surface area contributed by atoms with Crippen LogP contribution in [0.25, 0.3) is 0 Å². The van der Waals surface area contributed by atoms with Crippen molar-refractivity contribution in [2.45, 2.75) is 27.2 Å². The Labute approximate surface area is 77.8 Å². The van der Waals surface area contributed by atoms with Gasteiger partial charge in [-0.15, -0.1) is 0 Å². The Balaban J connectivity index is 0.000000461. The fraction of sp³-hybridized carbons (Fsp3) is 0.400. The third-order valence-electron chi connectivity index (χ3n) is 1.30. The summed E-state index contributed by atoms with van der Waals surface area (Å²) >= 11 is 3.40. The van der Waals surface area contributed by atoms with Gasteiger partial charge in [0.1, 0.15) is 0 Å². The number of benzene rings is 1. The summed E-state index contributed by atoms with van der Waals surface area (Å²) in [5.74, 6) is 0. The summed E-state index contributed by atoms with van der Waals surface area (Å²) in [6, 6.07) is 8.37. The second-order valence-corrected chi connectivity index (χ2v) is 2.90. The van der Waals surface area contributed by atoms with Crippen LogP contribution in [0.3, 0.4) is 0 Å². The lowest BCUT2D eigenvalue weighted by Gasteiger charge is -1.94. The van der Waals surface area contributed by atoms with E-state index < -0.39 is 0 Å². The van der Waals surface area contributed by atoms with Crippen molar-refractivity contribution in [3.63, 3.8) is 0 Å². The number of rotatable bonds is 1. The molecular weight excluding hydrogens is 200 g/mol. The molecule has 0 atom stereocenters. The first-order valence-electron chi connectivity index (χ1n) is 4.07. The SMILES string of the molecule is CC.CCc1cccc(Br)c1. The zero-order chi connectivity index (χ0) is 8.69. The Kier molecular flexibility index (Phi) is 6.24. The highest BCUT2D eigenvalue weighted by atomic mass is 79.9. The molecule has 0 N–H and O–H groups in total. The molecule has 1 aromatic carbocycles. The minimum atomic E-state index is 1.11. The molecule has 1 rings (SSSR count). The molecule has 0 heterocycles. The summed E-state index contributed by atoms with van der Waals surface area (Å²) in [6.07, 6.45) is 1.11. The average Bonchev–Trinajstić information content (AvgIpc) is 2.08. The van der Waals surface area contributed by atoms with Gasteiger partial charge < -0.3 is 0 Å². The Bertz CT molecular complexity index is 194. The Hall–Kier alpha value is -0.300. The predicted octanol–water partition coefficient (Wildman–Crippen LogP) is 4.04. The summed E-state index contributed by atoms with van der Waals surface area (Å²) in [4.78, 5) is 0. The van der Waals surface area contributed by atoms with Crippen molar-refractivity contribution in [2.75, 3.05) is 0 Å². The molecule has 0 saturated carbocycles. The summed E-state index contributed by atoms with van der Waals surface area (Å²) < 4.78 is 1.17. The highest BCUT2D eigenvalue weighted by Crippen LogP contribution is 2.11. The molecule has 0 unspecified atom stereocenters. The number of hydrogen-bond donors (Lipinski definition) is 0. The first-order valence-corrected chi connectivity index (χ1v) is 4.86. The quantitative estimate of drug-likeness (QED) is 0.663. The zero-order valence-corrected chi connectivity index (χ0v) is 8.98. The van der Waals surface area contributed by atoms with Gasteiger partial charge in [-0.1, -0.05) is 48.8 Å². The van der Waals surface area contributed by atoms with Gasteiger partial charge >= 0.3 is 0 Å². The molecule has 0 nitrogen and oxygen atoms in total. The molecule has 1 aromatic rings. The van der Waals surface area contributed by atoms with Crippen LogP contribution in [-0.4, -0.2) is 0 Å². The van der Waals surface area contributed by atoms with E-state index in [1.807, 2.05) is 19.9 Å². The topological polar surface area (TPSA) is 0 Å². The van der Waals surface area contributed by atoms with Gasteiger partial charge in [-0.3, -0.25) is 0 Å². The van der Waals surface area contributed by atoms with Crippen LogP contribution in [0.1, 0.15) is 26.3 Å². The van der Waals surface area contributed by atoms with Crippen molar-refractivity contribution in [3.05, 3.63) is 34.3 Å². The number of halogens is 1.